The van der Waals surface area contributed by atoms with Crippen molar-refractivity contribution in [2.24, 2.45) is 0 Å². The lowest BCUT2D eigenvalue weighted by Gasteiger charge is -1.65. The van der Waals surface area contributed by atoms with Crippen molar-refractivity contribution < 1.29 is 0 Å². The second-order valence-corrected chi connectivity index (χ2v) is 2.57. The lowest BCUT2D eigenvalue weighted by molar-refractivity contribution is 1.23. The molecule has 0 fully saturated rings. The lowest BCUT2D eigenvalue weighted by atomic mass is 10.4. The molecule has 0 unspecified atom stereocenters. The average Bonchev–Trinajstić information content (AvgIpc) is 2.03. The van der Waals surface area contributed by atoms with Crippen LogP contribution in [0.5, 0.6) is 0 Å². The van der Waals surface area contributed by atoms with E-state index >= 15 is 0 Å². The highest BCUT2D eigenvalue weighted by atomic mass is 13.6. The van der Waals surface area contributed by atoms with Gasteiger partial charge in [-0.1, -0.05) is 30.7 Å². The molecule has 0 aliphatic carbocycles. The zero-order valence-corrected chi connectivity index (χ0v) is 9.35. The molecule has 0 nitrogen and oxygen atoms in total. The van der Waals surface area contributed by atoms with Crippen LogP contribution >= 0.6 is 0 Å². The van der Waals surface area contributed by atoms with Gasteiger partial charge in [0.1, 0.15) is 0 Å². The first-order valence-electron chi connectivity index (χ1n) is 4.37. The molecule has 0 atom stereocenters. The van der Waals surface area contributed by atoms with Crippen LogP contribution in [0.15, 0.2) is 37.0 Å². The molecule has 0 radical (unpaired) electrons. The van der Waals surface area contributed by atoms with Crippen LogP contribution in [0, 0.1) is 0 Å². The van der Waals surface area contributed by atoms with E-state index in [2.05, 4.69) is 20.1 Å². The smallest absolute Gasteiger partial charge is 0.0382 e. The van der Waals surface area contributed by atoms with Crippen molar-refractivity contribution in [3.05, 3.63) is 37.0 Å². The predicted molar refractivity (Wildman–Crippen MR) is 61.5 cm³/mol. The van der Waals surface area contributed by atoms with Gasteiger partial charge in [0.25, 0.3) is 0 Å². The average molecular weight is 168 g/mol. The molecule has 0 spiro atoms. The molecule has 0 aromatic rings. The van der Waals surface area contributed by atoms with E-state index in [0.717, 1.165) is 6.42 Å². The highest BCUT2D eigenvalue weighted by Crippen LogP contribution is 1.73. The van der Waals surface area contributed by atoms with Gasteiger partial charge in [0, 0.05) is 0 Å². The molecule has 0 saturated heterocycles. The van der Waals surface area contributed by atoms with Gasteiger partial charge >= 0.3 is 0 Å². The van der Waals surface area contributed by atoms with Crippen molar-refractivity contribution in [3.8, 4) is 0 Å². The monoisotopic (exact) mass is 168 g/mol. The molecular formula is C12H24. The molecular weight excluding hydrogens is 144 g/mol. The Balaban J connectivity index is -0.000000101. The maximum absolute atomic E-state index is 3.56. The summed E-state index contributed by atoms with van der Waals surface area (Å²) in [7, 11) is 0. The molecule has 0 bridgehead atoms. The van der Waals surface area contributed by atoms with E-state index in [1.54, 1.807) is 0 Å². The second kappa shape index (κ2) is 22.5. The van der Waals surface area contributed by atoms with Crippen LogP contribution in [0.3, 0.4) is 0 Å². The molecule has 0 aliphatic heterocycles. The van der Waals surface area contributed by atoms with Gasteiger partial charge < -0.3 is 0 Å². The van der Waals surface area contributed by atoms with Crippen molar-refractivity contribution in [2.45, 2.75) is 41.0 Å². The van der Waals surface area contributed by atoms with Gasteiger partial charge in [0.15, 0.2) is 0 Å². The summed E-state index contributed by atoms with van der Waals surface area (Å²) in [6.45, 7) is 17.0. The molecule has 0 aliphatic rings. The van der Waals surface area contributed by atoms with E-state index in [0.29, 0.717) is 0 Å². The van der Waals surface area contributed by atoms with E-state index < -0.39 is 0 Å². The Morgan fingerprint density at radius 3 is 1.33 bits per heavy atom. The first-order chi connectivity index (χ1) is 5.56. The fourth-order valence-electron chi connectivity index (χ4n) is 0. The Bertz CT molecular complexity index is 99.2. The normalized spacial score (nSPS) is 7.42. The van der Waals surface area contributed by atoms with E-state index in [9.17, 15) is 0 Å². The molecule has 0 amide bonds. The van der Waals surface area contributed by atoms with E-state index in [-0.39, 0.29) is 0 Å². The maximum Gasteiger partial charge on any atom is -0.0382 e. The van der Waals surface area contributed by atoms with E-state index in [1.807, 2.05) is 45.9 Å². The Hall–Kier alpha value is -0.780. The zero-order chi connectivity index (χ0) is 10.4. The largest absolute Gasteiger partial charge is 0.103 e. The van der Waals surface area contributed by atoms with Gasteiger partial charge in [0.2, 0.25) is 0 Å². The molecule has 0 heterocycles. The Kier molecular flexibility index (Phi) is 32.5. The first-order valence-corrected chi connectivity index (χ1v) is 4.37. The standard InChI is InChI=1S/3C4H8/c1-4(2)3;2*1-3-4-2/h1H2,2-3H3;3-4H,1-2H3;3H,1,4H2,2H3/b;4-3+;. The van der Waals surface area contributed by atoms with Crippen LogP contribution in [0.2, 0.25) is 0 Å². The number of hydrogen-bond acceptors (Lipinski definition) is 0. The second-order valence-electron chi connectivity index (χ2n) is 2.57. The summed E-state index contributed by atoms with van der Waals surface area (Å²) in [5.74, 6) is 0. The number of hydrogen-bond donors (Lipinski definition) is 0. The number of rotatable bonds is 1. The molecule has 12 heavy (non-hydrogen) atoms. The predicted octanol–water partition coefficient (Wildman–Crippen LogP) is 4.75. The molecule has 0 aromatic heterocycles. The molecule has 0 rings (SSSR count). The zero-order valence-electron chi connectivity index (χ0n) is 9.35. The van der Waals surface area contributed by atoms with Gasteiger partial charge in [-0.3, -0.25) is 0 Å². The van der Waals surface area contributed by atoms with Crippen LogP contribution in [0.1, 0.15) is 41.0 Å². The molecule has 0 heteroatoms. The summed E-state index contributed by atoms with van der Waals surface area (Å²) in [6, 6.07) is 0. The van der Waals surface area contributed by atoms with Gasteiger partial charge in [-0.05, 0) is 34.1 Å². The summed E-state index contributed by atoms with van der Waals surface area (Å²) < 4.78 is 0. The van der Waals surface area contributed by atoms with Crippen LogP contribution in [0.25, 0.3) is 0 Å². The van der Waals surface area contributed by atoms with Gasteiger partial charge in [-0.15, -0.1) is 13.2 Å². The fourth-order valence-corrected chi connectivity index (χ4v) is 0. The third-order valence-corrected chi connectivity index (χ3v) is 0.622. The third-order valence-electron chi connectivity index (χ3n) is 0.622. The minimum atomic E-state index is 1.08. The molecule has 0 aromatic carbocycles. The van der Waals surface area contributed by atoms with Crippen LogP contribution < -0.4 is 0 Å². The van der Waals surface area contributed by atoms with Crippen LogP contribution in [0.4, 0.5) is 0 Å². The minimum absolute atomic E-state index is 1.08. The SMILES string of the molecule is C/C=C/C.C=C(C)C.C=CCC. The van der Waals surface area contributed by atoms with E-state index in [4.69, 9.17) is 0 Å². The first kappa shape index (κ1) is 17.3. The maximum atomic E-state index is 3.56. The third kappa shape index (κ3) is 419. The van der Waals surface area contributed by atoms with Crippen molar-refractivity contribution in [2.75, 3.05) is 0 Å². The highest BCUT2D eigenvalue weighted by Gasteiger charge is 1.51. The summed E-state index contributed by atoms with van der Waals surface area (Å²) in [5, 5.41) is 0. The van der Waals surface area contributed by atoms with Crippen molar-refractivity contribution in [3.63, 3.8) is 0 Å². The quantitative estimate of drug-likeness (QED) is 0.496. The summed E-state index contributed by atoms with van der Waals surface area (Å²) >= 11 is 0. The van der Waals surface area contributed by atoms with E-state index in [1.165, 1.54) is 5.57 Å². The highest BCUT2D eigenvalue weighted by molar-refractivity contribution is 4.78. The van der Waals surface area contributed by atoms with Gasteiger partial charge in [-0.25, -0.2) is 0 Å². The van der Waals surface area contributed by atoms with Gasteiger partial charge in [-0.2, -0.15) is 0 Å². The van der Waals surface area contributed by atoms with Crippen LogP contribution in [-0.4, -0.2) is 0 Å². The molecule has 0 N–H and O–H groups in total. The fraction of sp³-hybridized carbons (Fsp3) is 0.500. The summed E-state index contributed by atoms with van der Waals surface area (Å²) in [5.41, 5.74) is 1.17. The Morgan fingerprint density at radius 2 is 1.33 bits per heavy atom. The molecule has 72 valence electrons. The lowest BCUT2D eigenvalue weighted by Crippen LogP contribution is -1.43. The molecule has 0 saturated carbocycles. The summed E-state index contributed by atoms with van der Waals surface area (Å²) in [6.07, 6.45) is 6.96. The minimum Gasteiger partial charge on any atom is -0.103 e. The van der Waals surface area contributed by atoms with Crippen LogP contribution in [-0.2, 0) is 0 Å². The van der Waals surface area contributed by atoms with Crippen molar-refractivity contribution >= 4 is 0 Å². The van der Waals surface area contributed by atoms with Gasteiger partial charge in [0.05, 0.1) is 0 Å². The Labute approximate surface area is 78.7 Å². The number of allylic oxidation sites excluding steroid dienone is 4. The van der Waals surface area contributed by atoms with Crippen molar-refractivity contribution in [1.29, 1.82) is 0 Å². The Morgan fingerprint density at radius 1 is 1.17 bits per heavy atom. The van der Waals surface area contributed by atoms with Crippen molar-refractivity contribution in [1.82, 2.24) is 0 Å². The topological polar surface area (TPSA) is 0 Å². The summed E-state index contributed by atoms with van der Waals surface area (Å²) in [4.78, 5) is 0.